The Hall–Kier alpha value is -1.33. The molecular formula is C26H44N2O5. The van der Waals surface area contributed by atoms with Gasteiger partial charge in [-0.2, -0.15) is 0 Å². The van der Waals surface area contributed by atoms with Crippen molar-refractivity contribution in [3.63, 3.8) is 0 Å². The minimum absolute atomic E-state index is 0.0778. The Kier molecular flexibility index (Phi) is 9.87. The zero-order chi connectivity index (χ0) is 23.8. The molecule has 7 heteroatoms. The van der Waals surface area contributed by atoms with E-state index in [4.69, 9.17) is 25.4 Å². The third-order valence-electron chi connectivity index (χ3n) is 6.90. The summed E-state index contributed by atoms with van der Waals surface area (Å²) in [4.78, 5) is 15.9. The summed E-state index contributed by atoms with van der Waals surface area (Å²) in [5.74, 6) is 1.89. The molecule has 3 rings (SSSR count). The largest absolute Gasteiger partial charge is 0.350 e. The van der Waals surface area contributed by atoms with Gasteiger partial charge in [-0.3, -0.25) is 0 Å². The van der Waals surface area contributed by atoms with Crippen LogP contribution in [0.2, 0.25) is 0 Å². The maximum absolute atomic E-state index is 12.5. The third kappa shape index (κ3) is 6.85. The van der Waals surface area contributed by atoms with Crippen molar-refractivity contribution in [2.75, 3.05) is 26.7 Å². The number of carbonyl (C=O) groups excluding carboxylic acids is 1. The number of ether oxygens (including phenoxy) is 4. The van der Waals surface area contributed by atoms with Gasteiger partial charge >= 0.3 is 6.03 Å². The van der Waals surface area contributed by atoms with Crippen LogP contribution in [0, 0.1) is 12.3 Å². The highest BCUT2D eigenvalue weighted by Crippen LogP contribution is 2.42. The first-order valence-corrected chi connectivity index (χ1v) is 13.0. The second-order valence-electron chi connectivity index (χ2n) is 10.1. The van der Waals surface area contributed by atoms with E-state index in [9.17, 15) is 4.79 Å². The van der Waals surface area contributed by atoms with E-state index in [2.05, 4.69) is 12.8 Å². The first-order valence-electron chi connectivity index (χ1n) is 13.0. The summed E-state index contributed by atoms with van der Waals surface area (Å²) in [6.07, 6.45) is 17.0. The Morgan fingerprint density at radius 1 is 1.00 bits per heavy atom. The van der Waals surface area contributed by atoms with Crippen LogP contribution in [0.4, 0.5) is 4.79 Å². The molecule has 2 amide bonds. The lowest BCUT2D eigenvalue weighted by Gasteiger charge is -2.30. The number of nitrogens with zero attached hydrogens (tertiary/aromatic N) is 2. The fourth-order valence-corrected chi connectivity index (χ4v) is 5.21. The molecule has 0 aliphatic carbocycles. The number of amides is 2. The van der Waals surface area contributed by atoms with Gasteiger partial charge in [0.05, 0.1) is 12.6 Å². The minimum Gasteiger partial charge on any atom is -0.350 e. The lowest BCUT2D eigenvalue weighted by molar-refractivity contribution is -0.238. The fourth-order valence-electron chi connectivity index (χ4n) is 5.21. The van der Waals surface area contributed by atoms with Gasteiger partial charge in [-0.25, -0.2) is 4.79 Å². The molecule has 0 bridgehead atoms. The predicted molar refractivity (Wildman–Crippen MR) is 128 cm³/mol. The molecule has 0 aromatic rings. The summed E-state index contributed by atoms with van der Waals surface area (Å²) >= 11 is 0. The predicted octanol–water partition coefficient (Wildman–Crippen LogP) is 4.54. The number of urea groups is 1. The number of carbonyl (C=O) groups is 1. The number of terminal acetylenes is 1. The zero-order valence-electron chi connectivity index (χ0n) is 21.1. The van der Waals surface area contributed by atoms with Crippen LogP contribution in [0.5, 0.6) is 0 Å². The van der Waals surface area contributed by atoms with E-state index in [0.29, 0.717) is 13.2 Å². The van der Waals surface area contributed by atoms with Gasteiger partial charge < -0.3 is 28.7 Å². The van der Waals surface area contributed by atoms with Crippen LogP contribution in [-0.2, 0) is 18.9 Å². The molecule has 3 saturated heterocycles. The van der Waals surface area contributed by atoms with Crippen LogP contribution in [-0.4, -0.2) is 79.0 Å². The zero-order valence-corrected chi connectivity index (χ0v) is 21.1. The molecule has 0 N–H and O–H groups in total. The topological polar surface area (TPSA) is 60.5 Å². The van der Waals surface area contributed by atoms with E-state index in [0.717, 1.165) is 6.42 Å². The molecule has 0 unspecified atom stereocenters. The van der Waals surface area contributed by atoms with Crippen LogP contribution in [0.3, 0.4) is 0 Å². The molecule has 0 saturated carbocycles. The molecule has 33 heavy (non-hydrogen) atoms. The molecule has 3 aliphatic rings. The Labute approximate surface area is 200 Å². The standard InChI is InChI=1S/C26H44N2O5/c1-6-8-9-10-11-12-13-14-15-16-18-30-24-23-22(32-26(3,4)33-23)21(31-24)20-19-27(5)25(29)28(20)17-7-2/h2,20-24H,6,8-19H2,1,3-5H3/t20-,21+,22-,23-,24-/m0/s1. The summed E-state index contributed by atoms with van der Waals surface area (Å²) in [6, 6.07) is -0.263. The normalized spacial score (nSPS) is 30.8. The highest BCUT2D eigenvalue weighted by molar-refractivity contribution is 5.77. The monoisotopic (exact) mass is 464 g/mol. The summed E-state index contributed by atoms with van der Waals surface area (Å²) < 4.78 is 24.8. The number of hydrogen-bond acceptors (Lipinski definition) is 5. The Balaban J connectivity index is 1.44. The molecule has 0 spiro atoms. The van der Waals surface area contributed by atoms with Crippen molar-refractivity contribution < 1.29 is 23.7 Å². The first kappa shape index (κ1) is 26.3. The smallest absolute Gasteiger partial charge is 0.321 e. The second-order valence-corrected chi connectivity index (χ2v) is 10.1. The van der Waals surface area contributed by atoms with Crippen molar-refractivity contribution in [3.8, 4) is 12.3 Å². The molecule has 5 atom stereocenters. The van der Waals surface area contributed by atoms with Gasteiger partial charge in [0, 0.05) is 20.2 Å². The lowest BCUT2D eigenvalue weighted by Crippen LogP contribution is -2.48. The van der Waals surface area contributed by atoms with E-state index >= 15 is 0 Å². The number of unbranched alkanes of at least 4 members (excludes halogenated alkanes) is 9. The molecular weight excluding hydrogens is 420 g/mol. The first-order chi connectivity index (χ1) is 15.9. The van der Waals surface area contributed by atoms with Gasteiger partial charge in [0.15, 0.2) is 12.1 Å². The van der Waals surface area contributed by atoms with Gasteiger partial charge in [-0.1, -0.05) is 70.6 Å². The van der Waals surface area contributed by atoms with Gasteiger partial charge in [0.25, 0.3) is 0 Å². The molecule has 0 radical (unpaired) electrons. The van der Waals surface area contributed by atoms with Crippen molar-refractivity contribution >= 4 is 6.03 Å². The second kappa shape index (κ2) is 12.4. The van der Waals surface area contributed by atoms with E-state index in [1.54, 1.807) is 16.8 Å². The number of fused-ring (bicyclic) bond motifs is 1. The van der Waals surface area contributed by atoms with Gasteiger partial charge in [0.1, 0.15) is 18.3 Å². The van der Waals surface area contributed by atoms with Crippen molar-refractivity contribution in [1.29, 1.82) is 0 Å². The van der Waals surface area contributed by atoms with E-state index < -0.39 is 12.1 Å². The quantitative estimate of drug-likeness (QED) is 0.279. The Bertz CT molecular complexity index is 664. The van der Waals surface area contributed by atoms with Gasteiger partial charge in [-0.05, 0) is 20.3 Å². The fraction of sp³-hybridized carbons (Fsp3) is 0.885. The average Bonchev–Trinajstić information content (AvgIpc) is 3.36. The van der Waals surface area contributed by atoms with Crippen LogP contribution < -0.4 is 0 Å². The van der Waals surface area contributed by atoms with E-state index in [-0.39, 0.29) is 36.9 Å². The van der Waals surface area contributed by atoms with E-state index in [1.807, 2.05) is 13.8 Å². The minimum atomic E-state index is -0.707. The molecule has 188 valence electrons. The van der Waals surface area contributed by atoms with Crippen molar-refractivity contribution in [2.24, 2.45) is 0 Å². The maximum atomic E-state index is 12.5. The summed E-state index contributed by atoms with van der Waals surface area (Å²) in [5.41, 5.74) is 0. The number of hydrogen-bond donors (Lipinski definition) is 0. The molecule has 3 fully saturated rings. The van der Waals surface area contributed by atoms with Crippen LogP contribution in [0.15, 0.2) is 0 Å². The van der Waals surface area contributed by atoms with Crippen molar-refractivity contribution in [1.82, 2.24) is 9.80 Å². The Morgan fingerprint density at radius 2 is 1.61 bits per heavy atom. The van der Waals surface area contributed by atoms with Crippen LogP contribution >= 0.6 is 0 Å². The summed E-state index contributed by atoms with van der Waals surface area (Å²) in [5, 5.41) is 0. The summed E-state index contributed by atoms with van der Waals surface area (Å²) in [7, 11) is 1.79. The molecule has 0 aromatic carbocycles. The lowest BCUT2D eigenvalue weighted by atomic mass is 10.0. The van der Waals surface area contributed by atoms with Crippen molar-refractivity contribution in [2.45, 2.75) is 121 Å². The number of likely N-dealkylation sites (N-methyl/N-ethyl adjacent to an activating group) is 1. The number of rotatable bonds is 14. The highest BCUT2D eigenvalue weighted by Gasteiger charge is 2.59. The van der Waals surface area contributed by atoms with Crippen molar-refractivity contribution in [3.05, 3.63) is 0 Å². The third-order valence-corrected chi connectivity index (χ3v) is 6.90. The summed E-state index contributed by atoms with van der Waals surface area (Å²) in [6.45, 7) is 7.51. The van der Waals surface area contributed by atoms with Gasteiger partial charge in [-0.15, -0.1) is 6.42 Å². The Morgan fingerprint density at radius 3 is 2.24 bits per heavy atom. The SMILES string of the molecule is C#CCN1C(=O)N(C)C[C@H]1[C@H]1O[C@H](OCCCCCCCCCCCC)[C@H]2OC(C)(C)O[C@H]21. The maximum Gasteiger partial charge on any atom is 0.321 e. The van der Waals surface area contributed by atoms with Crippen LogP contribution in [0.1, 0.15) is 85.0 Å². The van der Waals surface area contributed by atoms with E-state index in [1.165, 1.54) is 57.8 Å². The average molecular weight is 465 g/mol. The molecule has 3 aliphatic heterocycles. The highest BCUT2D eigenvalue weighted by atomic mass is 16.8. The van der Waals surface area contributed by atoms with Crippen LogP contribution in [0.25, 0.3) is 0 Å². The van der Waals surface area contributed by atoms with Gasteiger partial charge in [0.2, 0.25) is 0 Å². The molecule has 0 aromatic heterocycles. The molecule has 7 nitrogen and oxygen atoms in total. The molecule has 3 heterocycles.